The normalized spacial score (nSPS) is 16.3. The van der Waals surface area contributed by atoms with Gasteiger partial charge in [-0.3, -0.25) is 25.7 Å². The number of hydrazine groups is 1. The van der Waals surface area contributed by atoms with Crippen molar-refractivity contribution in [1.82, 2.24) is 9.80 Å². The van der Waals surface area contributed by atoms with E-state index in [2.05, 4.69) is 5.43 Å². The summed E-state index contributed by atoms with van der Waals surface area (Å²) >= 11 is 0. The van der Waals surface area contributed by atoms with E-state index in [4.69, 9.17) is 5.84 Å². The molecule has 0 aliphatic carbocycles. The first kappa shape index (κ1) is 14.2. The fourth-order valence-electron chi connectivity index (χ4n) is 2.16. The molecule has 8 nitrogen and oxygen atoms in total. The molecule has 1 aromatic rings. The summed E-state index contributed by atoms with van der Waals surface area (Å²) in [6, 6.07) is 4.74. The highest BCUT2D eigenvalue weighted by atomic mass is 16.6. The Morgan fingerprint density at radius 1 is 1.45 bits per heavy atom. The number of anilines is 1. The van der Waals surface area contributed by atoms with Crippen LogP contribution in [0.15, 0.2) is 18.2 Å². The number of nitrogens with zero attached hydrogens (tertiary/aromatic N) is 3. The second-order valence-electron chi connectivity index (χ2n) is 4.78. The highest BCUT2D eigenvalue weighted by molar-refractivity contribution is 5.78. The van der Waals surface area contributed by atoms with E-state index in [0.29, 0.717) is 19.6 Å². The van der Waals surface area contributed by atoms with E-state index < -0.39 is 4.92 Å². The van der Waals surface area contributed by atoms with E-state index in [0.717, 1.165) is 12.1 Å². The Labute approximate surface area is 116 Å². The average molecular weight is 279 g/mol. The standard InChI is InChI=1S/C12H17N5O3/c1-15-4-5-16(8-12(15)18)7-9-2-3-11(17(19)20)10(6-9)14-13/h2-3,6,14H,4-5,7-8,13H2,1H3. The third kappa shape index (κ3) is 3.03. The summed E-state index contributed by atoms with van der Waals surface area (Å²) in [5, 5.41) is 10.8. The number of piperazine rings is 1. The Kier molecular flexibility index (Phi) is 4.16. The van der Waals surface area contributed by atoms with Crippen molar-refractivity contribution >= 4 is 17.3 Å². The highest BCUT2D eigenvalue weighted by Gasteiger charge is 2.21. The van der Waals surface area contributed by atoms with Crippen molar-refractivity contribution in [3.63, 3.8) is 0 Å². The Balaban J connectivity index is 2.10. The molecule has 0 aromatic heterocycles. The van der Waals surface area contributed by atoms with E-state index in [-0.39, 0.29) is 17.3 Å². The summed E-state index contributed by atoms with van der Waals surface area (Å²) in [5.41, 5.74) is 3.42. The second-order valence-corrected chi connectivity index (χ2v) is 4.78. The number of carbonyl (C=O) groups excluding carboxylic acids is 1. The molecule has 0 bridgehead atoms. The zero-order chi connectivity index (χ0) is 14.7. The Morgan fingerprint density at radius 2 is 2.20 bits per heavy atom. The molecule has 108 valence electrons. The molecule has 1 heterocycles. The first-order valence-corrected chi connectivity index (χ1v) is 6.21. The smallest absolute Gasteiger partial charge is 0.293 e. The molecule has 0 atom stereocenters. The molecular formula is C12H17N5O3. The largest absolute Gasteiger partial charge is 0.343 e. The third-order valence-electron chi connectivity index (χ3n) is 3.36. The number of rotatable bonds is 4. The Hall–Kier alpha value is -2.19. The molecule has 20 heavy (non-hydrogen) atoms. The lowest BCUT2D eigenvalue weighted by atomic mass is 10.1. The number of carbonyl (C=O) groups is 1. The first-order chi connectivity index (χ1) is 9.51. The molecule has 1 amide bonds. The van der Waals surface area contributed by atoms with Crippen LogP contribution in [0.4, 0.5) is 11.4 Å². The van der Waals surface area contributed by atoms with Crippen LogP contribution in [0, 0.1) is 10.1 Å². The molecule has 1 fully saturated rings. The van der Waals surface area contributed by atoms with Crippen LogP contribution in [0.25, 0.3) is 0 Å². The van der Waals surface area contributed by atoms with Crippen molar-refractivity contribution in [2.45, 2.75) is 6.54 Å². The maximum atomic E-state index is 11.6. The van der Waals surface area contributed by atoms with Crippen LogP contribution in [0.3, 0.4) is 0 Å². The van der Waals surface area contributed by atoms with Gasteiger partial charge >= 0.3 is 0 Å². The van der Waals surface area contributed by atoms with Crippen molar-refractivity contribution in [2.75, 3.05) is 32.1 Å². The highest BCUT2D eigenvalue weighted by Crippen LogP contribution is 2.25. The van der Waals surface area contributed by atoms with Crippen LogP contribution in [0.5, 0.6) is 0 Å². The number of nitro groups is 1. The van der Waals surface area contributed by atoms with E-state index in [1.807, 2.05) is 4.90 Å². The third-order valence-corrected chi connectivity index (χ3v) is 3.36. The maximum absolute atomic E-state index is 11.6. The second kappa shape index (κ2) is 5.85. The molecule has 1 aliphatic heterocycles. The fourth-order valence-corrected chi connectivity index (χ4v) is 2.16. The molecule has 3 N–H and O–H groups in total. The fraction of sp³-hybridized carbons (Fsp3) is 0.417. The minimum atomic E-state index is -0.488. The van der Waals surface area contributed by atoms with Gasteiger partial charge in [-0.15, -0.1) is 0 Å². The summed E-state index contributed by atoms with van der Waals surface area (Å²) in [6.07, 6.45) is 0. The van der Waals surface area contributed by atoms with Crippen molar-refractivity contribution in [3.8, 4) is 0 Å². The number of hydrogen-bond acceptors (Lipinski definition) is 6. The number of likely N-dealkylation sites (N-methyl/N-ethyl adjacent to an activating group) is 1. The molecule has 2 rings (SSSR count). The number of nitrogens with one attached hydrogen (secondary N) is 1. The first-order valence-electron chi connectivity index (χ1n) is 6.21. The van der Waals surface area contributed by atoms with Gasteiger partial charge in [0.15, 0.2) is 0 Å². The lowest BCUT2D eigenvalue weighted by molar-refractivity contribution is -0.384. The van der Waals surface area contributed by atoms with Crippen LogP contribution in [-0.2, 0) is 11.3 Å². The summed E-state index contributed by atoms with van der Waals surface area (Å²) in [4.78, 5) is 25.6. The van der Waals surface area contributed by atoms with Crippen LogP contribution in [0.2, 0.25) is 0 Å². The number of benzene rings is 1. The van der Waals surface area contributed by atoms with Gasteiger partial charge < -0.3 is 10.3 Å². The van der Waals surface area contributed by atoms with E-state index in [1.54, 1.807) is 24.1 Å². The lowest BCUT2D eigenvalue weighted by Gasteiger charge is -2.31. The summed E-state index contributed by atoms with van der Waals surface area (Å²) in [5.74, 6) is 5.38. The van der Waals surface area contributed by atoms with Gasteiger partial charge in [-0.25, -0.2) is 0 Å². The zero-order valence-electron chi connectivity index (χ0n) is 11.2. The molecular weight excluding hydrogens is 262 g/mol. The van der Waals surface area contributed by atoms with Gasteiger partial charge in [-0.1, -0.05) is 6.07 Å². The monoisotopic (exact) mass is 279 g/mol. The predicted octanol–water partition coefficient (Wildman–Crippen LogP) is 0.154. The van der Waals surface area contributed by atoms with E-state index in [9.17, 15) is 14.9 Å². The molecule has 1 aliphatic rings. The quantitative estimate of drug-likeness (QED) is 0.462. The van der Waals surface area contributed by atoms with Crippen LogP contribution in [0.1, 0.15) is 5.56 Å². The van der Waals surface area contributed by atoms with Crippen molar-refractivity contribution in [2.24, 2.45) is 5.84 Å². The number of nitrogens with two attached hydrogens (primary N) is 1. The number of hydrogen-bond donors (Lipinski definition) is 2. The van der Waals surface area contributed by atoms with Gasteiger partial charge in [-0.2, -0.15) is 0 Å². The minimum Gasteiger partial charge on any atom is -0.343 e. The van der Waals surface area contributed by atoms with Gasteiger partial charge in [0.1, 0.15) is 5.69 Å². The van der Waals surface area contributed by atoms with Gasteiger partial charge in [0.2, 0.25) is 5.91 Å². The molecule has 0 radical (unpaired) electrons. The summed E-state index contributed by atoms with van der Waals surface area (Å²) in [7, 11) is 1.78. The minimum absolute atomic E-state index is 0.0642. The Morgan fingerprint density at radius 3 is 2.80 bits per heavy atom. The molecule has 0 spiro atoms. The molecule has 0 saturated carbocycles. The summed E-state index contributed by atoms with van der Waals surface area (Å²) < 4.78 is 0. The lowest BCUT2D eigenvalue weighted by Crippen LogP contribution is -2.47. The molecule has 8 heteroatoms. The average Bonchev–Trinajstić information content (AvgIpc) is 2.42. The van der Waals surface area contributed by atoms with Gasteiger partial charge in [0.05, 0.1) is 11.5 Å². The van der Waals surface area contributed by atoms with Crippen molar-refractivity contribution in [3.05, 3.63) is 33.9 Å². The maximum Gasteiger partial charge on any atom is 0.293 e. The summed E-state index contributed by atoms with van der Waals surface area (Å²) in [6.45, 7) is 2.39. The predicted molar refractivity (Wildman–Crippen MR) is 73.8 cm³/mol. The van der Waals surface area contributed by atoms with E-state index >= 15 is 0 Å². The van der Waals surface area contributed by atoms with E-state index in [1.165, 1.54) is 6.07 Å². The number of nitro benzene ring substituents is 1. The van der Waals surface area contributed by atoms with Crippen LogP contribution in [-0.4, -0.2) is 47.3 Å². The van der Waals surface area contributed by atoms with Gasteiger partial charge in [0, 0.05) is 32.7 Å². The SMILES string of the molecule is CN1CCN(Cc2ccc([N+](=O)[O-])c(NN)c2)CC1=O. The molecule has 1 aromatic carbocycles. The Bertz CT molecular complexity index is 534. The van der Waals surface area contributed by atoms with Gasteiger partial charge in [-0.05, 0) is 11.6 Å². The van der Waals surface area contributed by atoms with Crippen molar-refractivity contribution < 1.29 is 9.72 Å². The molecule has 1 saturated heterocycles. The zero-order valence-corrected chi connectivity index (χ0v) is 11.2. The number of amides is 1. The topological polar surface area (TPSA) is 105 Å². The van der Waals surface area contributed by atoms with Gasteiger partial charge in [0.25, 0.3) is 5.69 Å². The number of nitrogen functional groups attached to an aromatic ring is 1. The molecule has 0 unspecified atom stereocenters. The van der Waals surface area contributed by atoms with Crippen molar-refractivity contribution in [1.29, 1.82) is 0 Å². The van der Waals surface area contributed by atoms with Crippen LogP contribution < -0.4 is 11.3 Å². The van der Waals surface area contributed by atoms with Crippen LogP contribution >= 0.6 is 0 Å².